The average Bonchev–Trinajstić information content (AvgIpc) is 2.13. The Bertz CT molecular complexity index is 2900. The van der Waals surface area contributed by atoms with E-state index in [0.717, 1.165) is 0 Å². The lowest BCUT2D eigenvalue weighted by atomic mass is 10.2. The lowest BCUT2D eigenvalue weighted by molar-refractivity contribution is 0.505. The molecule has 0 saturated carbocycles. The third kappa shape index (κ3) is 30.0. The molecule has 482 valence electrons. The predicted molar refractivity (Wildman–Crippen MR) is 411 cm³/mol. The normalized spacial score (nSPS) is 8.78. The Balaban J connectivity index is -0.000000458. The molecule has 6 heteroatoms. The van der Waals surface area contributed by atoms with E-state index in [1.165, 1.54) is 76.8 Å². The third-order valence-corrected chi connectivity index (χ3v) is 11.7. The maximum Gasteiger partial charge on any atom is 0.0488 e. The van der Waals surface area contributed by atoms with Crippen LogP contribution in [-0.4, -0.2) is 67.9 Å². The number of para-hydroxylation sites is 8. The largest absolute Gasteiger partial charge is 0.378 e. The number of hydrogen-bond acceptors (Lipinski definition) is 3. The van der Waals surface area contributed by atoms with Gasteiger partial charge in [-0.05, 0) is 81.8 Å². The summed E-state index contributed by atoms with van der Waals surface area (Å²) >= 11 is 0. The van der Waals surface area contributed by atoms with Crippen molar-refractivity contribution in [3.63, 3.8) is 0 Å². The summed E-state index contributed by atoms with van der Waals surface area (Å²) in [6, 6.07) is 83.6. The van der Waals surface area contributed by atoms with Crippen LogP contribution in [0.4, 0.5) is 11.4 Å². The summed E-state index contributed by atoms with van der Waals surface area (Å²) in [7, 11) is 20.5. The molecule has 3 heterocycles. The second-order valence-electron chi connectivity index (χ2n) is 17.7. The Hall–Kier alpha value is -8.06. The van der Waals surface area contributed by atoms with Crippen molar-refractivity contribution in [1.82, 2.24) is 18.6 Å². The van der Waals surface area contributed by atoms with Crippen molar-refractivity contribution < 1.29 is 0 Å². The summed E-state index contributed by atoms with van der Waals surface area (Å²) in [5, 5.41) is 8.03. The zero-order valence-electron chi connectivity index (χ0n) is 60.8. The molecule has 0 saturated heterocycles. The Morgan fingerprint density at radius 2 is 0.295 bits per heavy atom. The summed E-state index contributed by atoms with van der Waals surface area (Å²) in [6.45, 7) is 36.0. The van der Waals surface area contributed by atoms with Gasteiger partial charge < -0.3 is 28.4 Å². The molecule has 9 aromatic carbocycles. The minimum absolute atomic E-state index is 1.25. The van der Waals surface area contributed by atoms with Crippen LogP contribution in [0, 0.1) is 0 Å². The van der Waals surface area contributed by atoms with Gasteiger partial charge in [0, 0.05) is 126 Å². The standard InChI is InChI=1S/3C13H11N.2C8H11N.C6H6.C3H9N.9C2H6/c3*1-14-12-8-4-2-6-10(12)11-7-3-5-9-13(11)14;2*1-9(2)8-6-4-3-5-7-8;1-2-4-6-5-3-1;1-4(2)3;9*1-2/h3*2-9H,1H3;2*3-7H,1-2H3;1-6H;1-3H3;9*1-2H3. The first kappa shape index (κ1) is 86.4. The maximum absolute atomic E-state index is 2.24. The van der Waals surface area contributed by atoms with Crippen LogP contribution < -0.4 is 9.80 Å². The average molecular weight is 1190 g/mol. The van der Waals surface area contributed by atoms with E-state index >= 15 is 0 Å². The number of anilines is 2. The maximum atomic E-state index is 2.24. The first-order chi connectivity index (χ1) is 43.0. The minimum Gasteiger partial charge on any atom is -0.378 e. The first-order valence-corrected chi connectivity index (χ1v) is 32.8. The van der Waals surface area contributed by atoms with Gasteiger partial charge in [-0.3, -0.25) is 0 Å². The second kappa shape index (κ2) is 56.7. The summed E-state index contributed by atoms with van der Waals surface area (Å²) in [4.78, 5) is 6.17. The molecule has 0 spiro atoms. The monoisotopic (exact) mass is 1190 g/mol. The molecule has 0 aliphatic rings. The van der Waals surface area contributed by atoms with Crippen molar-refractivity contribution >= 4 is 76.8 Å². The van der Waals surface area contributed by atoms with E-state index < -0.39 is 0 Å². The zero-order chi connectivity index (χ0) is 67.8. The van der Waals surface area contributed by atoms with Crippen molar-refractivity contribution in [2.24, 2.45) is 21.1 Å². The molecule has 6 nitrogen and oxygen atoms in total. The van der Waals surface area contributed by atoms with E-state index in [-0.39, 0.29) is 0 Å². The number of rotatable bonds is 2. The van der Waals surface area contributed by atoms with Crippen molar-refractivity contribution in [3.05, 3.63) is 243 Å². The Morgan fingerprint density at radius 3 is 0.420 bits per heavy atom. The molecule has 12 aromatic rings. The van der Waals surface area contributed by atoms with Gasteiger partial charge in [-0.1, -0.05) is 307 Å². The lowest BCUT2D eigenvalue weighted by Crippen LogP contribution is -2.07. The smallest absolute Gasteiger partial charge is 0.0488 e. The van der Waals surface area contributed by atoms with Gasteiger partial charge in [0.2, 0.25) is 0 Å². The molecule has 12 rings (SSSR count). The van der Waals surface area contributed by atoms with Crippen LogP contribution in [0.5, 0.6) is 0 Å². The topological polar surface area (TPSA) is 24.5 Å². The molecule has 0 unspecified atom stereocenters. The highest BCUT2D eigenvalue weighted by Crippen LogP contribution is 2.29. The fourth-order valence-corrected chi connectivity index (χ4v) is 8.19. The molecule has 0 atom stereocenters. The van der Waals surface area contributed by atoms with Crippen LogP contribution in [-0.2, 0) is 21.1 Å². The predicted octanol–water partition coefficient (Wildman–Crippen LogP) is 24.6. The van der Waals surface area contributed by atoms with Gasteiger partial charge in [-0.25, -0.2) is 0 Å². The number of hydrogen-bond donors (Lipinski definition) is 0. The van der Waals surface area contributed by atoms with Gasteiger partial charge in [-0.2, -0.15) is 0 Å². The fraction of sp³-hybridized carbons (Fsp3) is 0.341. The SMILES string of the molecule is CC.CC.CC.CC.CC.CC.CC.CC.CC.CN(C)C.CN(C)c1ccccc1.CN(C)c1ccccc1.Cn1c2ccccc2c2ccccc21.Cn1c2ccccc2c2ccccc21.Cn1c2ccccc2c2ccccc21.c1ccccc1. The lowest BCUT2D eigenvalue weighted by Gasteiger charge is -2.10. The molecule has 0 aliphatic carbocycles. The van der Waals surface area contributed by atoms with Crippen LogP contribution in [0.15, 0.2) is 243 Å². The highest BCUT2D eigenvalue weighted by Gasteiger charge is 2.07. The fourth-order valence-electron chi connectivity index (χ4n) is 8.19. The van der Waals surface area contributed by atoms with Gasteiger partial charge in [0.05, 0.1) is 0 Å². The number of benzene rings is 9. The number of nitrogens with zero attached hydrogens (tertiary/aromatic N) is 6. The van der Waals surface area contributed by atoms with E-state index in [4.69, 9.17) is 0 Å². The highest BCUT2D eigenvalue weighted by molar-refractivity contribution is 6.09. The summed E-state index contributed by atoms with van der Waals surface area (Å²) < 4.78 is 6.72. The molecule has 0 fully saturated rings. The van der Waals surface area contributed by atoms with Gasteiger partial charge in [0.1, 0.15) is 0 Å². The second-order valence-corrected chi connectivity index (χ2v) is 17.7. The van der Waals surface area contributed by atoms with Gasteiger partial charge in [-0.15, -0.1) is 0 Å². The molecule has 3 aromatic heterocycles. The van der Waals surface area contributed by atoms with Crippen molar-refractivity contribution in [2.75, 3.05) is 59.1 Å². The Labute approximate surface area is 540 Å². The quantitative estimate of drug-likeness (QED) is 0.172. The zero-order valence-corrected chi connectivity index (χ0v) is 60.8. The Morgan fingerprint density at radius 1 is 0.182 bits per heavy atom. The van der Waals surface area contributed by atoms with Crippen molar-refractivity contribution in [1.29, 1.82) is 0 Å². The summed E-state index contributed by atoms with van der Waals surface area (Å²) in [5.74, 6) is 0. The van der Waals surface area contributed by atoms with Gasteiger partial charge in [0.15, 0.2) is 0 Å². The molecular weight excluding hydrogens is 1070 g/mol. The molecular formula is C82H124N6. The van der Waals surface area contributed by atoms with Crippen LogP contribution in [0.25, 0.3) is 65.4 Å². The van der Waals surface area contributed by atoms with E-state index in [2.05, 4.69) is 215 Å². The summed E-state index contributed by atoms with van der Waals surface area (Å²) in [5.41, 5.74) is 10.3. The van der Waals surface area contributed by atoms with E-state index in [0.29, 0.717) is 0 Å². The molecule has 0 aliphatic heterocycles. The Kier molecular flexibility index (Phi) is 55.7. The van der Waals surface area contributed by atoms with Crippen LogP contribution in [0.2, 0.25) is 0 Å². The molecule has 88 heavy (non-hydrogen) atoms. The van der Waals surface area contributed by atoms with E-state index in [1.807, 2.05) is 252 Å². The van der Waals surface area contributed by atoms with Crippen LogP contribution >= 0.6 is 0 Å². The molecule has 0 radical (unpaired) electrons. The van der Waals surface area contributed by atoms with Gasteiger partial charge >= 0.3 is 0 Å². The van der Waals surface area contributed by atoms with Crippen molar-refractivity contribution in [3.8, 4) is 0 Å². The number of aromatic nitrogens is 3. The molecule has 0 bridgehead atoms. The van der Waals surface area contributed by atoms with Gasteiger partial charge in [0.25, 0.3) is 0 Å². The number of fused-ring (bicyclic) bond motifs is 9. The third-order valence-electron chi connectivity index (χ3n) is 11.7. The summed E-state index contributed by atoms with van der Waals surface area (Å²) in [6.07, 6.45) is 0. The van der Waals surface area contributed by atoms with Crippen molar-refractivity contribution in [2.45, 2.75) is 125 Å². The highest BCUT2D eigenvalue weighted by atomic mass is 15.1. The molecule has 0 N–H and O–H groups in total. The number of aryl methyl sites for hydroxylation is 3. The van der Waals surface area contributed by atoms with E-state index in [9.17, 15) is 0 Å². The molecule has 0 amide bonds. The first-order valence-electron chi connectivity index (χ1n) is 32.8. The van der Waals surface area contributed by atoms with Crippen LogP contribution in [0.3, 0.4) is 0 Å². The minimum atomic E-state index is 1.25. The van der Waals surface area contributed by atoms with Crippen LogP contribution in [0.1, 0.15) is 125 Å². The van der Waals surface area contributed by atoms with E-state index in [1.54, 1.807) is 0 Å².